The van der Waals surface area contributed by atoms with Gasteiger partial charge in [0.05, 0.1) is 30.6 Å². The van der Waals surface area contributed by atoms with Gasteiger partial charge in [-0.15, -0.1) is 0 Å². The molecule has 0 saturated heterocycles. The molecule has 5 heteroatoms. The predicted molar refractivity (Wildman–Crippen MR) is 114 cm³/mol. The second-order valence-electron chi connectivity index (χ2n) is 7.50. The monoisotopic (exact) mass is 387 g/mol. The Morgan fingerprint density at radius 2 is 1.90 bits per heavy atom. The molecular weight excluding hydrogens is 362 g/mol. The third kappa shape index (κ3) is 3.21. The number of ether oxygens (including phenoxy) is 1. The summed E-state index contributed by atoms with van der Waals surface area (Å²) in [7, 11) is 1.72. The molecule has 5 rings (SSSR count). The molecule has 0 amide bonds. The van der Waals surface area contributed by atoms with Crippen LogP contribution in [0.2, 0.25) is 0 Å². The minimum atomic E-state index is 0.813. The van der Waals surface area contributed by atoms with Crippen molar-refractivity contribution >= 4 is 11.0 Å². The molecule has 0 radical (unpaired) electrons. The summed E-state index contributed by atoms with van der Waals surface area (Å²) in [5.41, 5.74) is 4.48. The number of aromatic nitrogens is 2. The summed E-state index contributed by atoms with van der Waals surface area (Å²) in [4.78, 5) is 7.44. The van der Waals surface area contributed by atoms with Gasteiger partial charge in [-0.25, -0.2) is 4.98 Å². The summed E-state index contributed by atoms with van der Waals surface area (Å²) >= 11 is 0. The number of para-hydroxylation sites is 2. The maximum atomic E-state index is 6.04. The van der Waals surface area contributed by atoms with Gasteiger partial charge in [-0.1, -0.05) is 37.3 Å². The zero-order valence-electron chi connectivity index (χ0n) is 16.9. The highest BCUT2D eigenvalue weighted by Crippen LogP contribution is 2.33. The number of aryl methyl sites for hydroxylation is 1. The molecule has 0 unspecified atom stereocenters. The molecule has 0 fully saturated rings. The summed E-state index contributed by atoms with van der Waals surface area (Å²) in [5.74, 6) is 2.90. The van der Waals surface area contributed by atoms with Crippen molar-refractivity contribution in [2.45, 2.75) is 33.0 Å². The number of hydrogen-bond donors (Lipinski definition) is 0. The Labute approximate surface area is 170 Å². The van der Waals surface area contributed by atoms with Crippen molar-refractivity contribution in [2.75, 3.05) is 13.7 Å². The van der Waals surface area contributed by atoms with E-state index >= 15 is 0 Å². The van der Waals surface area contributed by atoms with Gasteiger partial charge in [-0.3, -0.25) is 4.90 Å². The summed E-state index contributed by atoms with van der Waals surface area (Å²) in [6.45, 7) is 5.74. The van der Waals surface area contributed by atoms with Gasteiger partial charge in [-0.05, 0) is 30.7 Å². The lowest BCUT2D eigenvalue weighted by Gasteiger charge is -2.28. The molecule has 0 bridgehead atoms. The smallest absolute Gasteiger partial charge is 0.144 e. The average Bonchev–Trinajstić information content (AvgIpc) is 3.34. The van der Waals surface area contributed by atoms with Gasteiger partial charge in [-0.2, -0.15) is 0 Å². The van der Waals surface area contributed by atoms with Crippen LogP contribution in [0.4, 0.5) is 0 Å². The Morgan fingerprint density at radius 3 is 2.72 bits per heavy atom. The van der Waals surface area contributed by atoms with Crippen LogP contribution in [0.1, 0.15) is 24.1 Å². The zero-order valence-corrected chi connectivity index (χ0v) is 16.9. The van der Waals surface area contributed by atoms with Crippen LogP contribution in [0.15, 0.2) is 59.0 Å². The van der Waals surface area contributed by atoms with Gasteiger partial charge in [0.15, 0.2) is 0 Å². The van der Waals surface area contributed by atoms with Crippen LogP contribution in [-0.2, 0) is 26.1 Å². The lowest BCUT2D eigenvalue weighted by molar-refractivity contribution is 0.199. The molecule has 2 aromatic heterocycles. The van der Waals surface area contributed by atoms with Gasteiger partial charge in [0.25, 0.3) is 0 Å². The molecule has 148 valence electrons. The maximum Gasteiger partial charge on any atom is 0.144 e. The lowest BCUT2D eigenvalue weighted by atomic mass is 10.1. The Balaban J connectivity index is 1.45. The Kier molecular flexibility index (Phi) is 4.60. The number of nitrogens with zero attached hydrogens (tertiary/aromatic N) is 3. The number of furan rings is 1. The SMILES string of the molecule is CCc1nc(-c2ccccc2OC)n2c1CN(Cc1cc3ccccc3o1)CC2. The molecule has 0 aliphatic carbocycles. The first-order valence-corrected chi connectivity index (χ1v) is 10.2. The topological polar surface area (TPSA) is 43.4 Å². The first-order chi connectivity index (χ1) is 14.3. The summed E-state index contributed by atoms with van der Waals surface area (Å²) < 4.78 is 14.0. The number of imidazole rings is 1. The van der Waals surface area contributed by atoms with Crippen LogP contribution in [0.3, 0.4) is 0 Å². The third-order valence-corrected chi connectivity index (χ3v) is 5.71. The van der Waals surface area contributed by atoms with E-state index < -0.39 is 0 Å². The Hall–Kier alpha value is -3.05. The van der Waals surface area contributed by atoms with Crippen LogP contribution < -0.4 is 4.74 Å². The van der Waals surface area contributed by atoms with E-state index in [4.69, 9.17) is 14.1 Å². The Bertz CT molecular complexity index is 1130. The fourth-order valence-corrected chi connectivity index (χ4v) is 4.27. The first-order valence-electron chi connectivity index (χ1n) is 10.2. The van der Waals surface area contributed by atoms with E-state index in [-0.39, 0.29) is 0 Å². The van der Waals surface area contributed by atoms with Crippen molar-refractivity contribution in [3.8, 4) is 17.1 Å². The summed E-state index contributed by atoms with van der Waals surface area (Å²) in [6, 6.07) is 18.5. The van der Waals surface area contributed by atoms with E-state index in [2.05, 4.69) is 34.6 Å². The van der Waals surface area contributed by atoms with Crippen LogP contribution in [0, 0.1) is 0 Å². The third-order valence-electron chi connectivity index (χ3n) is 5.71. The number of benzene rings is 2. The standard InChI is InChI=1S/C24H25N3O2/c1-3-20-21-16-26(15-18-14-17-8-4-6-10-22(17)29-18)12-13-27(21)24(25-20)19-9-5-7-11-23(19)28-2/h4-11,14H,3,12-13,15-16H2,1-2H3. The van der Waals surface area contributed by atoms with Crippen LogP contribution in [0.25, 0.3) is 22.4 Å². The predicted octanol–water partition coefficient (Wildman–Crippen LogP) is 4.88. The van der Waals surface area contributed by atoms with Crippen molar-refractivity contribution in [1.29, 1.82) is 0 Å². The molecular formula is C24H25N3O2. The second-order valence-corrected chi connectivity index (χ2v) is 7.50. The van der Waals surface area contributed by atoms with E-state index in [0.717, 1.165) is 66.5 Å². The fraction of sp³-hybridized carbons (Fsp3) is 0.292. The highest BCUT2D eigenvalue weighted by atomic mass is 16.5. The van der Waals surface area contributed by atoms with Gasteiger partial charge in [0.1, 0.15) is 22.9 Å². The molecule has 3 heterocycles. The van der Waals surface area contributed by atoms with Crippen molar-refractivity contribution in [3.05, 3.63) is 71.7 Å². The fourth-order valence-electron chi connectivity index (χ4n) is 4.27. The highest BCUT2D eigenvalue weighted by molar-refractivity contribution is 5.77. The number of fused-ring (bicyclic) bond motifs is 2. The van der Waals surface area contributed by atoms with Gasteiger partial charge >= 0.3 is 0 Å². The van der Waals surface area contributed by atoms with E-state index in [1.54, 1.807) is 7.11 Å². The molecule has 5 nitrogen and oxygen atoms in total. The van der Waals surface area contributed by atoms with Gasteiger partial charge < -0.3 is 13.7 Å². The minimum Gasteiger partial charge on any atom is -0.496 e. The molecule has 0 spiro atoms. The van der Waals surface area contributed by atoms with Crippen molar-refractivity contribution in [3.63, 3.8) is 0 Å². The molecule has 1 aliphatic heterocycles. The summed E-state index contributed by atoms with van der Waals surface area (Å²) in [5, 5.41) is 1.16. The molecule has 2 aromatic carbocycles. The van der Waals surface area contributed by atoms with E-state index in [9.17, 15) is 0 Å². The molecule has 0 saturated carbocycles. The molecule has 29 heavy (non-hydrogen) atoms. The molecule has 1 aliphatic rings. The van der Waals surface area contributed by atoms with Gasteiger partial charge in [0, 0.05) is 25.0 Å². The Morgan fingerprint density at radius 1 is 1.07 bits per heavy atom. The highest BCUT2D eigenvalue weighted by Gasteiger charge is 2.25. The number of hydrogen-bond acceptors (Lipinski definition) is 4. The molecule has 0 atom stereocenters. The normalized spacial score (nSPS) is 14.3. The number of rotatable bonds is 5. The first kappa shape index (κ1) is 18.0. The van der Waals surface area contributed by atoms with Crippen LogP contribution in [-0.4, -0.2) is 28.1 Å². The largest absolute Gasteiger partial charge is 0.496 e. The van der Waals surface area contributed by atoms with Crippen molar-refractivity contribution in [1.82, 2.24) is 14.5 Å². The average molecular weight is 387 g/mol. The van der Waals surface area contributed by atoms with Crippen molar-refractivity contribution < 1.29 is 9.15 Å². The van der Waals surface area contributed by atoms with Crippen molar-refractivity contribution in [2.24, 2.45) is 0 Å². The van der Waals surface area contributed by atoms with Crippen LogP contribution >= 0.6 is 0 Å². The maximum absolute atomic E-state index is 6.04. The van der Waals surface area contributed by atoms with E-state index in [1.165, 1.54) is 11.4 Å². The zero-order chi connectivity index (χ0) is 19.8. The quantitative estimate of drug-likeness (QED) is 0.489. The minimum absolute atomic E-state index is 0.813. The van der Waals surface area contributed by atoms with Crippen LogP contribution in [0.5, 0.6) is 5.75 Å². The van der Waals surface area contributed by atoms with E-state index in [0.29, 0.717) is 0 Å². The number of methoxy groups -OCH3 is 1. The summed E-state index contributed by atoms with van der Waals surface area (Å²) in [6.07, 6.45) is 0.920. The molecule has 4 aromatic rings. The lowest BCUT2D eigenvalue weighted by Crippen LogP contribution is -2.33. The van der Waals surface area contributed by atoms with E-state index in [1.807, 2.05) is 36.4 Å². The molecule has 0 N–H and O–H groups in total. The van der Waals surface area contributed by atoms with Gasteiger partial charge in [0.2, 0.25) is 0 Å². The second kappa shape index (κ2) is 7.41.